The third kappa shape index (κ3) is 5.25. The lowest BCUT2D eigenvalue weighted by atomic mass is 9.88. The largest absolute Gasteiger partial charge is 0.368 e. The third-order valence-corrected chi connectivity index (χ3v) is 5.93. The van der Waals surface area contributed by atoms with Crippen LogP contribution in [0.25, 0.3) is 0 Å². The van der Waals surface area contributed by atoms with Crippen LogP contribution in [-0.4, -0.2) is 55.6 Å². The Morgan fingerprint density at radius 3 is 2.36 bits per heavy atom. The summed E-state index contributed by atoms with van der Waals surface area (Å²) < 4.78 is 5.65. The average Bonchev–Trinajstić information content (AvgIpc) is 2.73. The molecule has 0 unspecified atom stereocenters. The number of amides is 2. The van der Waals surface area contributed by atoms with Crippen LogP contribution in [0.5, 0.6) is 0 Å². The number of ether oxygens (including phenoxy) is 1. The van der Waals surface area contributed by atoms with Crippen molar-refractivity contribution in [3.05, 3.63) is 35.4 Å². The van der Waals surface area contributed by atoms with Gasteiger partial charge in [0.2, 0.25) is 5.91 Å². The van der Waals surface area contributed by atoms with Crippen molar-refractivity contribution in [1.29, 1.82) is 0 Å². The Hall–Kier alpha value is -1.63. The van der Waals surface area contributed by atoms with Crippen LogP contribution in [0.15, 0.2) is 24.3 Å². The molecule has 0 aliphatic carbocycles. The molecule has 3 rings (SSSR count). The molecule has 1 aromatic rings. The molecule has 2 saturated heterocycles. The zero-order valence-electron chi connectivity index (χ0n) is 16.8. The van der Waals surface area contributed by atoms with Crippen LogP contribution in [0.3, 0.4) is 0 Å². The lowest BCUT2D eigenvalue weighted by Crippen LogP contribution is -2.57. The molecule has 0 radical (unpaired) electrons. The van der Waals surface area contributed by atoms with E-state index in [2.05, 4.69) is 29.7 Å². The van der Waals surface area contributed by atoms with Crippen LogP contribution >= 0.6 is 12.4 Å². The number of nitrogens with one attached hydrogen (secondary N) is 2. The number of likely N-dealkylation sites (tertiary alicyclic amines) is 1. The van der Waals surface area contributed by atoms with E-state index in [4.69, 9.17) is 4.74 Å². The lowest BCUT2D eigenvalue weighted by molar-refractivity contribution is -0.160. The summed E-state index contributed by atoms with van der Waals surface area (Å²) in [6.07, 6.45) is 2.84. The lowest BCUT2D eigenvalue weighted by Gasteiger charge is -2.41. The molecule has 2 heterocycles. The van der Waals surface area contributed by atoms with Crippen LogP contribution in [0.1, 0.15) is 36.8 Å². The Bertz CT molecular complexity index is 651. The highest BCUT2D eigenvalue weighted by molar-refractivity contribution is 5.86. The smallest absolute Gasteiger partial charge is 0.254 e. The summed E-state index contributed by atoms with van der Waals surface area (Å²) in [5, 5.41) is 6.32. The highest BCUT2D eigenvalue weighted by Crippen LogP contribution is 2.28. The van der Waals surface area contributed by atoms with Gasteiger partial charge in [-0.15, -0.1) is 12.4 Å². The topological polar surface area (TPSA) is 70.7 Å². The van der Waals surface area contributed by atoms with Gasteiger partial charge in [-0.3, -0.25) is 9.59 Å². The maximum atomic E-state index is 13.0. The molecule has 7 heteroatoms. The average molecular weight is 410 g/mol. The Kier molecular flexibility index (Phi) is 8.28. The number of nitrogens with zero attached hydrogens (tertiary/aromatic N) is 1. The second-order valence-corrected chi connectivity index (χ2v) is 7.72. The molecule has 1 aromatic carbocycles. The van der Waals surface area contributed by atoms with Crippen LogP contribution < -0.4 is 10.6 Å². The molecule has 156 valence electrons. The van der Waals surface area contributed by atoms with E-state index in [0.717, 1.165) is 18.7 Å². The van der Waals surface area contributed by atoms with Gasteiger partial charge in [0, 0.05) is 32.7 Å². The summed E-state index contributed by atoms with van der Waals surface area (Å²) in [4.78, 5) is 27.4. The number of benzene rings is 1. The predicted molar refractivity (Wildman–Crippen MR) is 111 cm³/mol. The molecular formula is C21H32ClN3O3. The van der Waals surface area contributed by atoms with E-state index in [1.807, 2.05) is 17.0 Å². The first kappa shape index (κ1) is 22.7. The van der Waals surface area contributed by atoms with Gasteiger partial charge in [0.25, 0.3) is 5.91 Å². The number of methoxy groups -OCH3 is 1. The fourth-order valence-corrected chi connectivity index (χ4v) is 4.01. The maximum Gasteiger partial charge on any atom is 0.254 e. The van der Waals surface area contributed by atoms with E-state index in [1.54, 1.807) is 7.11 Å². The normalized spacial score (nSPS) is 19.6. The molecule has 0 aromatic heterocycles. The molecule has 28 heavy (non-hydrogen) atoms. The van der Waals surface area contributed by atoms with E-state index in [1.165, 1.54) is 5.56 Å². The van der Waals surface area contributed by atoms with Gasteiger partial charge in [-0.1, -0.05) is 29.8 Å². The molecular weight excluding hydrogens is 378 g/mol. The summed E-state index contributed by atoms with van der Waals surface area (Å²) >= 11 is 0. The zero-order valence-corrected chi connectivity index (χ0v) is 17.6. The molecule has 2 fully saturated rings. The van der Waals surface area contributed by atoms with E-state index < -0.39 is 5.60 Å². The van der Waals surface area contributed by atoms with Gasteiger partial charge in [0.05, 0.1) is 0 Å². The van der Waals surface area contributed by atoms with Crippen molar-refractivity contribution in [3.63, 3.8) is 0 Å². The van der Waals surface area contributed by atoms with Crippen molar-refractivity contribution in [2.75, 3.05) is 33.3 Å². The number of hydrogen-bond donors (Lipinski definition) is 2. The predicted octanol–water partition coefficient (Wildman–Crippen LogP) is 2.04. The number of halogens is 1. The molecule has 0 atom stereocenters. The van der Waals surface area contributed by atoms with Crippen molar-refractivity contribution in [3.8, 4) is 0 Å². The molecule has 0 bridgehead atoms. The summed E-state index contributed by atoms with van der Waals surface area (Å²) in [6, 6.07) is 8.19. The third-order valence-electron chi connectivity index (χ3n) is 5.93. The van der Waals surface area contributed by atoms with Crippen LogP contribution in [0.2, 0.25) is 0 Å². The molecule has 2 N–H and O–H groups in total. The van der Waals surface area contributed by atoms with Gasteiger partial charge in [-0.25, -0.2) is 0 Å². The SMILES string of the molecule is COC1(C(=O)N2CCC(C(=O)NCc3ccc(C)cc3)CC2)CCNCC1.Cl. The number of carbonyl (C=O) groups excluding carboxylic acids is 2. The number of hydrogen-bond acceptors (Lipinski definition) is 4. The molecule has 0 spiro atoms. The molecule has 6 nitrogen and oxygen atoms in total. The van der Waals surface area contributed by atoms with Crippen LogP contribution in [-0.2, 0) is 20.9 Å². The highest BCUT2D eigenvalue weighted by Gasteiger charge is 2.43. The van der Waals surface area contributed by atoms with Crippen molar-refractivity contribution in [1.82, 2.24) is 15.5 Å². The first-order chi connectivity index (χ1) is 13.0. The van der Waals surface area contributed by atoms with Gasteiger partial charge in [-0.2, -0.15) is 0 Å². The van der Waals surface area contributed by atoms with E-state index in [9.17, 15) is 9.59 Å². The van der Waals surface area contributed by atoms with Crippen molar-refractivity contribution < 1.29 is 14.3 Å². The zero-order chi connectivity index (χ0) is 19.3. The quantitative estimate of drug-likeness (QED) is 0.780. The fraction of sp³-hybridized carbons (Fsp3) is 0.619. The van der Waals surface area contributed by atoms with E-state index in [0.29, 0.717) is 45.3 Å². The minimum Gasteiger partial charge on any atom is -0.368 e. The van der Waals surface area contributed by atoms with Crippen LogP contribution in [0.4, 0.5) is 0 Å². The standard InChI is InChI=1S/C21H31N3O3.ClH/c1-16-3-5-17(6-4-16)15-23-19(25)18-7-13-24(14-8-18)20(26)21(27-2)9-11-22-12-10-21;/h3-6,18,22H,7-15H2,1-2H3,(H,23,25);1H. The molecule has 0 saturated carbocycles. The van der Waals surface area contributed by atoms with Gasteiger partial charge < -0.3 is 20.3 Å². The second kappa shape index (κ2) is 10.2. The molecule has 2 aliphatic rings. The fourth-order valence-electron chi connectivity index (χ4n) is 4.01. The minimum absolute atomic E-state index is 0. The molecule has 2 amide bonds. The number of aryl methyl sites for hydroxylation is 1. The summed E-state index contributed by atoms with van der Waals surface area (Å²) in [6.45, 7) is 5.46. The Balaban J connectivity index is 0.00000280. The van der Waals surface area contributed by atoms with Gasteiger partial charge in [0.1, 0.15) is 5.60 Å². The first-order valence-corrected chi connectivity index (χ1v) is 9.92. The van der Waals surface area contributed by atoms with E-state index >= 15 is 0 Å². The number of carbonyl (C=O) groups is 2. The van der Waals surface area contributed by atoms with Crippen molar-refractivity contribution in [2.24, 2.45) is 5.92 Å². The van der Waals surface area contributed by atoms with Gasteiger partial charge in [-0.05, 0) is 51.3 Å². The summed E-state index contributed by atoms with van der Waals surface area (Å²) in [5.74, 6) is 0.155. The number of rotatable bonds is 5. The Morgan fingerprint density at radius 1 is 1.18 bits per heavy atom. The number of piperidine rings is 2. The summed E-state index contributed by atoms with van der Waals surface area (Å²) in [7, 11) is 1.63. The molecule has 2 aliphatic heterocycles. The Morgan fingerprint density at radius 2 is 1.79 bits per heavy atom. The monoisotopic (exact) mass is 409 g/mol. The highest BCUT2D eigenvalue weighted by atomic mass is 35.5. The maximum absolute atomic E-state index is 13.0. The summed E-state index contributed by atoms with van der Waals surface area (Å²) in [5.41, 5.74) is 1.63. The van der Waals surface area contributed by atoms with Gasteiger partial charge >= 0.3 is 0 Å². The Labute approximate surface area is 173 Å². The minimum atomic E-state index is -0.689. The second-order valence-electron chi connectivity index (χ2n) is 7.72. The van der Waals surface area contributed by atoms with Crippen LogP contribution in [0, 0.1) is 12.8 Å². The van der Waals surface area contributed by atoms with Gasteiger partial charge in [0.15, 0.2) is 0 Å². The first-order valence-electron chi connectivity index (χ1n) is 9.92. The van der Waals surface area contributed by atoms with Crippen molar-refractivity contribution >= 4 is 24.2 Å². The van der Waals surface area contributed by atoms with Crippen molar-refractivity contribution in [2.45, 2.75) is 44.8 Å². The van der Waals surface area contributed by atoms with E-state index in [-0.39, 0.29) is 30.1 Å².